The van der Waals surface area contributed by atoms with Crippen LogP contribution in [0.3, 0.4) is 0 Å². The van der Waals surface area contributed by atoms with Crippen molar-refractivity contribution in [3.8, 4) is 11.1 Å². The Kier molecular flexibility index (Phi) is 7.74. The highest BCUT2D eigenvalue weighted by Gasteiger charge is 2.39. The molecule has 0 unspecified atom stereocenters. The number of sulfone groups is 1. The highest BCUT2D eigenvalue weighted by Crippen LogP contribution is 2.44. The summed E-state index contributed by atoms with van der Waals surface area (Å²) in [4.78, 5) is 49.2. The van der Waals surface area contributed by atoms with Crippen molar-refractivity contribution in [1.29, 1.82) is 0 Å². The molecule has 1 aliphatic heterocycles. The van der Waals surface area contributed by atoms with Crippen LogP contribution >= 0.6 is 0 Å². The minimum atomic E-state index is -3.44. The fraction of sp³-hybridized carbons (Fsp3) is 0.312. The molecule has 3 aromatic carbocycles. The molecule has 43 heavy (non-hydrogen) atoms. The Labute approximate surface area is 249 Å². The molecule has 2 N–H and O–H groups in total. The smallest absolute Gasteiger partial charge is 0.407 e. The van der Waals surface area contributed by atoms with Crippen LogP contribution in [0.2, 0.25) is 0 Å². The molecule has 1 saturated heterocycles. The Hall–Kier alpha value is -4.51. The Bertz CT molecular complexity index is 1740. The van der Waals surface area contributed by atoms with Gasteiger partial charge in [-0.15, -0.1) is 0 Å². The van der Waals surface area contributed by atoms with E-state index in [1.165, 1.54) is 4.90 Å². The number of nitrogens with zero attached hydrogens (tertiary/aromatic N) is 2. The number of rotatable bonds is 9. The summed E-state index contributed by atoms with van der Waals surface area (Å²) in [5.41, 5.74) is 5.62. The first-order valence-corrected chi connectivity index (χ1v) is 16.3. The summed E-state index contributed by atoms with van der Waals surface area (Å²) in [6.07, 6.45) is 1.13. The molecule has 0 bridgehead atoms. The Morgan fingerprint density at radius 2 is 1.65 bits per heavy atom. The number of carbonyl (C=O) groups is 3. The van der Waals surface area contributed by atoms with E-state index < -0.39 is 33.9 Å². The van der Waals surface area contributed by atoms with E-state index in [-0.39, 0.29) is 36.3 Å². The van der Waals surface area contributed by atoms with Gasteiger partial charge in [0.05, 0.1) is 22.8 Å². The third kappa shape index (κ3) is 5.90. The van der Waals surface area contributed by atoms with Crippen molar-refractivity contribution in [3.05, 3.63) is 89.7 Å². The average molecular weight is 601 g/mol. The predicted molar refractivity (Wildman–Crippen MR) is 161 cm³/mol. The number of H-pyrrole nitrogens is 1. The van der Waals surface area contributed by atoms with Crippen LogP contribution in [0.4, 0.5) is 4.79 Å². The summed E-state index contributed by atoms with van der Waals surface area (Å²) >= 11 is 0. The first-order valence-electron chi connectivity index (χ1n) is 14.3. The standard InChI is InChI=1S/C32H32N4O6S/c1-43(40,41)18-16-27(31(38)36-17-8-15-28(36)29(37)30-33-25-13-6-7-14-26(25)34-30)35-32(39)42-19-24-22-11-4-2-9-20(22)21-10-3-5-12-23(21)24/h2-7,9-14,24,27-28H,8,15-19H2,1H3,(H,33,34)(H,35,39)/t27-,28-/m0/s1. The van der Waals surface area contributed by atoms with Crippen molar-refractivity contribution < 1.29 is 27.5 Å². The maximum atomic E-state index is 13.8. The number of ketones is 1. The zero-order valence-corrected chi connectivity index (χ0v) is 24.5. The molecule has 1 fully saturated rings. The lowest BCUT2D eigenvalue weighted by Gasteiger charge is -2.28. The van der Waals surface area contributed by atoms with E-state index in [0.29, 0.717) is 30.4 Å². The highest BCUT2D eigenvalue weighted by molar-refractivity contribution is 7.90. The Morgan fingerprint density at radius 1 is 1.00 bits per heavy atom. The number of hydrogen-bond donors (Lipinski definition) is 2. The van der Waals surface area contributed by atoms with Gasteiger partial charge in [0, 0.05) is 18.7 Å². The lowest BCUT2D eigenvalue weighted by molar-refractivity contribution is -0.133. The maximum Gasteiger partial charge on any atom is 0.407 e. The molecule has 0 spiro atoms. The van der Waals surface area contributed by atoms with Crippen molar-refractivity contribution in [2.45, 2.75) is 37.3 Å². The van der Waals surface area contributed by atoms with Gasteiger partial charge in [-0.2, -0.15) is 0 Å². The quantitative estimate of drug-likeness (QED) is 0.276. The molecule has 0 saturated carbocycles. The fourth-order valence-corrected chi connectivity index (χ4v) is 6.77. The van der Waals surface area contributed by atoms with Gasteiger partial charge in [0.2, 0.25) is 11.7 Å². The van der Waals surface area contributed by atoms with Gasteiger partial charge < -0.3 is 19.9 Å². The first-order chi connectivity index (χ1) is 20.7. The zero-order chi connectivity index (χ0) is 30.1. The summed E-state index contributed by atoms with van der Waals surface area (Å²) in [6, 6.07) is 21.2. The molecule has 2 amide bonds. The molecule has 6 rings (SSSR count). The molecular formula is C32H32N4O6S. The van der Waals surface area contributed by atoms with Crippen molar-refractivity contribution >= 4 is 38.7 Å². The topological polar surface area (TPSA) is 139 Å². The van der Waals surface area contributed by atoms with Crippen LogP contribution in [-0.2, 0) is 19.4 Å². The van der Waals surface area contributed by atoms with E-state index >= 15 is 0 Å². The third-order valence-electron chi connectivity index (χ3n) is 8.17. The summed E-state index contributed by atoms with van der Waals surface area (Å²) in [7, 11) is -3.44. The number of nitrogens with one attached hydrogen (secondary N) is 2. The van der Waals surface area contributed by atoms with Crippen molar-refractivity contribution in [2.24, 2.45) is 0 Å². The van der Waals surface area contributed by atoms with Crippen LogP contribution < -0.4 is 5.32 Å². The number of fused-ring (bicyclic) bond motifs is 4. The summed E-state index contributed by atoms with van der Waals surface area (Å²) < 4.78 is 29.7. The molecule has 10 nitrogen and oxygen atoms in total. The number of para-hydroxylation sites is 2. The molecule has 2 aliphatic rings. The second-order valence-corrected chi connectivity index (χ2v) is 13.4. The minimum absolute atomic E-state index is 0.0454. The number of Topliss-reactive ketones (excluding diaryl/α,β-unsaturated/α-hetero) is 1. The Balaban J connectivity index is 1.17. The van der Waals surface area contributed by atoms with Crippen LogP contribution in [0, 0.1) is 0 Å². The normalized spacial score (nSPS) is 17.0. The van der Waals surface area contributed by atoms with Crippen molar-refractivity contribution in [3.63, 3.8) is 0 Å². The van der Waals surface area contributed by atoms with Crippen molar-refractivity contribution in [1.82, 2.24) is 20.2 Å². The van der Waals surface area contributed by atoms with E-state index in [1.807, 2.05) is 66.7 Å². The third-order valence-corrected chi connectivity index (χ3v) is 9.15. The van der Waals surface area contributed by atoms with Crippen LogP contribution in [0.25, 0.3) is 22.2 Å². The zero-order valence-electron chi connectivity index (χ0n) is 23.7. The van der Waals surface area contributed by atoms with Gasteiger partial charge in [0.1, 0.15) is 22.5 Å². The summed E-state index contributed by atoms with van der Waals surface area (Å²) in [5.74, 6) is -1.19. The number of alkyl carbamates (subject to hydrolysis) is 1. The molecule has 4 aromatic rings. The van der Waals surface area contributed by atoms with Crippen LogP contribution in [0.15, 0.2) is 72.8 Å². The lowest BCUT2D eigenvalue weighted by Crippen LogP contribution is -2.52. The van der Waals surface area contributed by atoms with E-state index in [0.717, 1.165) is 28.5 Å². The molecule has 2 heterocycles. The summed E-state index contributed by atoms with van der Waals surface area (Å²) in [6.45, 7) is 0.348. The van der Waals surface area contributed by atoms with Gasteiger partial charge >= 0.3 is 6.09 Å². The summed E-state index contributed by atoms with van der Waals surface area (Å²) in [5, 5.41) is 2.61. The second kappa shape index (κ2) is 11.6. The number of likely N-dealkylation sites (tertiary alicyclic amines) is 1. The number of aromatic nitrogens is 2. The lowest BCUT2D eigenvalue weighted by atomic mass is 9.98. The highest BCUT2D eigenvalue weighted by atomic mass is 32.2. The number of benzene rings is 3. The number of aromatic amines is 1. The predicted octanol–water partition coefficient (Wildman–Crippen LogP) is 4.08. The van der Waals surface area contributed by atoms with Crippen LogP contribution in [0.5, 0.6) is 0 Å². The fourth-order valence-electron chi connectivity index (χ4n) is 6.10. The van der Waals surface area contributed by atoms with Crippen LogP contribution in [-0.4, -0.2) is 78.3 Å². The molecule has 1 aliphatic carbocycles. The average Bonchev–Trinajstić information content (AvgIpc) is 3.73. The molecule has 222 valence electrons. The van der Waals surface area contributed by atoms with Gasteiger partial charge in [0.15, 0.2) is 5.82 Å². The van der Waals surface area contributed by atoms with Crippen LogP contribution in [0.1, 0.15) is 46.9 Å². The van der Waals surface area contributed by atoms with E-state index in [2.05, 4.69) is 15.3 Å². The number of amides is 2. The molecule has 2 atom stereocenters. The monoisotopic (exact) mass is 600 g/mol. The van der Waals surface area contributed by atoms with E-state index in [4.69, 9.17) is 4.74 Å². The number of ether oxygens (including phenoxy) is 1. The maximum absolute atomic E-state index is 13.8. The van der Waals surface area contributed by atoms with Gasteiger partial charge in [0.25, 0.3) is 0 Å². The number of imidazole rings is 1. The molecule has 0 radical (unpaired) electrons. The van der Waals surface area contributed by atoms with Crippen molar-refractivity contribution in [2.75, 3.05) is 25.2 Å². The van der Waals surface area contributed by atoms with Gasteiger partial charge in [-0.3, -0.25) is 9.59 Å². The largest absolute Gasteiger partial charge is 0.449 e. The number of hydrogen-bond acceptors (Lipinski definition) is 7. The Morgan fingerprint density at radius 3 is 2.33 bits per heavy atom. The second-order valence-electron chi connectivity index (χ2n) is 11.1. The first kappa shape index (κ1) is 28.6. The molecule has 11 heteroatoms. The van der Waals surface area contributed by atoms with Gasteiger partial charge in [-0.05, 0) is 53.6 Å². The molecule has 1 aromatic heterocycles. The van der Waals surface area contributed by atoms with E-state index in [1.54, 1.807) is 6.07 Å². The van der Waals surface area contributed by atoms with E-state index in [9.17, 15) is 22.8 Å². The number of carbonyl (C=O) groups excluding carboxylic acids is 3. The van der Waals surface area contributed by atoms with Gasteiger partial charge in [-0.25, -0.2) is 18.2 Å². The molecular weight excluding hydrogens is 568 g/mol. The van der Waals surface area contributed by atoms with Gasteiger partial charge in [-0.1, -0.05) is 60.7 Å². The minimum Gasteiger partial charge on any atom is -0.449 e. The SMILES string of the molecule is CS(=O)(=O)CC[C@H](NC(=O)OCC1c2ccccc2-c2ccccc21)C(=O)N1CCC[C@H]1C(=O)c1nc2ccccc2[nH]1.